The van der Waals surface area contributed by atoms with Crippen LogP contribution in [-0.2, 0) is 0 Å². The lowest BCUT2D eigenvalue weighted by atomic mass is 10.2. The van der Waals surface area contributed by atoms with Gasteiger partial charge in [-0.2, -0.15) is 0 Å². The van der Waals surface area contributed by atoms with E-state index in [9.17, 15) is 4.79 Å². The second-order valence-electron chi connectivity index (χ2n) is 1.73. The zero-order valence-corrected chi connectivity index (χ0v) is 5.69. The van der Waals surface area contributed by atoms with E-state index in [1.165, 1.54) is 0 Å². The van der Waals surface area contributed by atoms with Crippen molar-refractivity contribution in [1.82, 2.24) is 0 Å². The molecule has 0 aliphatic carbocycles. The summed E-state index contributed by atoms with van der Waals surface area (Å²) < 4.78 is 0. The molecule has 4 heteroatoms. The van der Waals surface area contributed by atoms with Crippen LogP contribution in [0.5, 0.6) is 0 Å². The number of halogens is 2. The lowest BCUT2D eigenvalue weighted by molar-refractivity contribution is 0.100. The van der Waals surface area contributed by atoms with Crippen LogP contribution in [0.2, 0.25) is 0 Å². The fourth-order valence-corrected chi connectivity index (χ4v) is 0.602. The van der Waals surface area contributed by atoms with Gasteiger partial charge in [0.1, 0.15) is 0 Å². The molecule has 0 heterocycles. The Morgan fingerprint density at radius 1 is 1.09 bits per heavy atom. The Hall–Kier alpha value is -1.45. The second-order valence-corrected chi connectivity index (χ2v) is 1.73. The van der Waals surface area contributed by atoms with Crippen LogP contribution in [0.4, 0.5) is 9.41 Å². The second kappa shape index (κ2) is 5.34. The molecule has 1 amide bonds. The summed E-state index contributed by atoms with van der Waals surface area (Å²) in [6.07, 6.45) is 0. The maximum absolute atomic E-state index is 10.4. The van der Waals surface area contributed by atoms with Gasteiger partial charge in [0.25, 0.3) is 0 Å². The summed E-state index contributed by atoms with van der Waals surface area (Å²) in [5, 5.41) is 0. The summed E-state index contributed by atoms with van der Waals surface area (Å²) in [6.45, 7) is 0. The predicted molar refractivity (Wildman–Crippen MR) is 40.0 cm³/mol. The molecule has 2 nitrogen and oxygen atoms in total. The molecule has 0 bridgehead atoms. The molecule has 62 valence electrons. The number of amides is 1. The summed E-state index contributed by atoms with van der Waals surface area (Å²) in [4.78, 5) is 10.4. The molecule has 1 aromatic carbocycles. The Labute approximate surface area is 62.8 Å². The number of carbonyl (C=O) groups excluding carboxylic acids is 1. The first-order valence-electron chi connectivity index (χ1n) is 2.65. The maximum Gasteiger partial charge on any atom is 0.248 e. The smallest absolute Gasteiger partial charge is 0.248 e. The lowest BCUT2D eigenvalue weighted by Gasteiger charge is -1.89. The van der Waals surface area contributed by atoms with E-state index in [1.54, 1.807) is 24.3 Å². The van der Waals surface area contributed by atoms with Crippen molar-refractivity contribution in [2.24, 2.45) is 5.73 Å². The van der Waals surface area contributed by atoms with Gasteiger partial charge < -0.3 is 5.73 Å². The first-order chi connectivity index (χ1) is 4.30. The van der Waals surface area contributed by atoms with Crippen molar-refractivity contribution < 1.29 is 14.2 Å². The average molecular weight is 161 g/mol. The fraction of sp³-hybridized carbons (Fsp3) is 0. The van der Waals surface area contributed by atoms with Gasteiger partial charge in [-0.25, -0.2) is 0 Å². The molecule has 0 fully saturated rings. The van der Waals surface area contributed by atoms with E-state index in [0.29, 0.717) is 5.56 Å². The minimum absolute atomic E-state index is 0. The molecule has 11 heavy (non-hydrogen) atoms. The Morgan fingerprint density at radius 2 is 1.55 bits per heavy atom. The van der Waals surface area contributed by atoms with E-state index in [1.807, 2.05) is 6.07 Å². The Kier molecular flexibility index (Phi) is 5.95. The average Bonchev–Trinajstić information content (AvgIpc) is 1.90. The van der Waals surface area contributed by atoms with Crippen molar-refractivity contribution in [3.63, 3.8) is 0 Å². The minimum Gasteiger partial charge on any atom is -0.366 e. The van der Waals surface area contributed by atoms with E-state index in [4.69, 9.17) is 5.73 Å². The van der Waals surface area contributed by atoms with E-state index in [2.05, 4.69) is 0 Å². The zero-order chi connectivity index (χ0) is 6.69. The Morgan fingerprint density at radius 3 is 1.82 bits per heavy atom. The molecule has 0 aliphatic rings. The summed E-state index contributed by atoms with van der Waals surface area (Å²) in [7, 11) is 0. The highest BCUT2D eigenvalue weighted by Gasteiger charge is 1.93. The van der Waals surface area contributed by atoms with Crippen LogP contribution in [0.3, 0.4) is 0 Å². The largest absolute Gasteiger partial charge is 0.366 e. The van der Waals surface area contributed by atoms with E-state index < -0.39 is 0 Å². The molecular weight excluding hydrogens is 152 g/mol. The van der Waals surface area contributed by atoms with E-state index >= 15 is 0 Å². The molecule has 0 saturated carbocycles. The molecule has 0 aliphatic heterocycles. The quantitative estimate of drug-likeness (QED) is 0.658. The normalized spacial score (nSPS) is 7.27. The lowest BCUT2D eigenvalue weighted by Crippen LogP contribution is -2.09. The van der Waals surface area contributed by atoms with Crippen molar-refractivity contribution >= 4 is 5.91 Å². The van der Waals surface area contributed by atoms with Gasteiger partial charge in [0, 0.05) is 5.56 Å². The third-order valence-corrected chi connectivity index (χ3v) is 1.06. The van der Waals surface area contributed by atoms with Crippen LogP contribution in [0.15, 0.2) is 30.3 Å². The van der Waals surface area contributed by atoms with Crippen LogP contribution >= 0.6 is 0 Å². The van der Waals surface area contributed by atoms with Gasteiger partial charge >= 0.3 is 0 Å². The summed E-state index contributed by atoms with van der Waals surface area (Å²) in [5.74, 6) is -0.379. The van der Waals surface area contributed by atoms with Gasteiger partial charge in [-0.15, -0.1) is 0 Å². The third-order valence-electron chi connectivity index (χ3n) is 1.06. The standard InChI is InChI=1S/C7H7NO.2FH/c8-7(9)6-4-2-1-3-5-6;;/h1-5H,(H2,8,9);2*1H. The van der Waals surface area contributed by atoms with Crippen molar-refractivity contribution in [1.29, 1.82) is 0 Å². The Bertz CT molecular complexity index is 213. The van der Waals surface area contributed by atoms with Crippen molar-refractivity contribution in [3.8, 4) is 0 Å². The molecule has 1 aromatic rings. The molecule has 2 N–H and O–H groups in total. The molecule has 1 rings (SSSR count). The zero-order valence-electron chi connectivity index (χ0n) is 5.69. The molecule has 0 atom stereocenters. The predicted octanol–water partition coefficient (Wildman–Crippen LogP) is 1.09. The molecule has 0 unspecified atom stereocenters. The van der Waals surface area contributed by atoms with Crippen LogP contribution in [0, 0.1) is 0 Å². The van der Waals surface area contributed by atoms with Crippen molar-refractivity contribution in [2.45, 2.75) is 0 Å². The summed E-state index contributed by atoms with van der Waals surface area (Å²) in [5.41, 5.74) is 5.53. The van der Waals surface area contributed by atoms with Crippen LogP contribution in [0.1, 0.15) is 10.4 Å². The van der Waals surface area contributed by atoms with Gasteiger partial charge in [0.2, 0.25) is 5.91 Å². The molecule has 0 saturated heterocycles. The van der Waals surface area contributed by atoms with Crippen molar-refractivity contribution in [3.05, 3.63) is 35.9 Å². The minimum atomic E-state index is -0.379. The highest BCUT2D eigenvalue weighted by atomic mass is 19.0. The van der Waals surface area contributed by atoms with E-state index in [0.717, 1.165) is 0 Å². The number of nitrogens with two attached hydrogens (primary N) is 1. The Balaban J connectivity index is 0. The summed E-state index contributed by atoms with van der Waals surface area (Å²) >= 11 is 0. The maximum atomic E-state index is 10.4. The number of rotatable bonds is 1. The fourth-order valence-electron chi connectivity index (χ4n) is 0.602. The monoisotopic (exact) mass is 161 g/mol. The summed E-state index contributed by atoms with van der Waals surface area (Å²) in [6, 6.07) is 8.76. The number of benzene rings is 1. The van der Waals surface area contributed by atoms with Gasteiger partial charge in [-0.05, 0) is 12.1 Å². The first-order valence-corrected chi connectivity index (χ1v) is 2.65. The number of hydrogen-bond acceptors (Lipinski definition) is 1. The van der Waals surface area contributed by atoms with Crippen LogP contribution in [-0.4, -0.2) is 5.91 Å². The highest BCUT2D eigenvalue weighted by Crippen LogP contribution is 1.94. The molecule has 0 spiro atoms. The van der Waals surface area contributed by atoms with Gasteiger partial charge in [0.15, 0.2) is 0 Å². The molecule has 0 radical (unpaired) electrons. The van der Waals surface area contributed by atoms with E-state index in [-0.39, 0.29) is 15.3 Å². The van der Waals surface area contributed by atoms with Crippen molar-refractivity contribution in [2.75, 3.05) is 0 Å². The molecular formula is C7H9F2NO. The first kappa shape index (κ1) is 12.2. The van der Waals surface area contributed by atoms with Crippen LogP contribution < -0.4 is 5.73 Å². The number of carbonyl (C=O) groups is 1. The number of primary amides is 1. The number of hydrogen-bond donors (Lipinski definition) is 1. The third kappa shape index (κ3) is 3.30. The van der Waals surface area contributed by atoms with Crippen LogP contribution in [0.25, 0.3) is 0 Å². The topological polar surface area (TPSA) is 43.1 Å². The van der Waals surface area contributed by atoms with Gasteiger partial charge in [-0.1, -0.05) is 18.2 Å². The van der Waals surface area contributed by atoms with Gasteiger partial charge in [-0.3, -0.25) is 14.2 Å². The SMILES string of the molecule is F.F.NC(=O)c1ccccc1. The van der Waals surface area contributed by atoms with Gasteiger partial charge in [0.05, 0.1) is 0 Å². The molecule has 0 aromatic heterocycles. The highest BCUT2D eigenvalue weighted by molar-refractivity contribution is 5.92.